The Labute approximate surface area is 126 Å². The van der Waals surface area contributed by atoms with Gasteiger partial charge in [0, 0.05) is 4.47 Å². The van der Waals surface area contributed by atoms with Gasteiger partial charge in [-0.1, -0.05) is 28.1 Å². The van der Waals surface area contributed by atoms with Crippen LogP contribution in [-0.4, -0.2) is 7.11 Å². The minimum absolute atomic E-state index is 0.186. The van der Waals surface area contributed by atoms with Crippen LogP contribution in [0.4, 0.5) is 4.39 Å². The van der Waals surface area contributed by atoms with Crippen LogP contribution in [0.2, 0.25) is 0 Å². The molecule has 3 nitrogen and oxygen atoms in total. The Morgan fingerprint density at radius 2 is 2.10 bits per heavy atom. The molecule has 2 aromatic rings. The molecule has 0 aliphatic heterocycles. The lowest BCUT2D eigenvalue weighted by Crippen LogP contribution is -2.29. The lowest BCUT2D eigenvalue weighted by Gasteiger charge is -2.18. The summed E-state index contributed by atoms with van der Waals surface area (Å²) >= 11 is 3.44. The first-order chi connectivity index (χ1) is 9.63. The van der Waals surface area contributed by atoms with Gasteiger partial charge in [-0.05, 0) is 47.9 Å². The Morgan fingerprint density at radius 1 is 1.30 bits per heavy atom. The average molecular weight is 339 g/mol. The van der Waals surface area contributed by atoms with Crippen molar-refractivity contribution in [2.24, 2.45) is 5.84 Å². The molecule has 0 aliphatic carbocycles. The Bertz CT molecular complexity index is 592. The summed E-state index contributed by atoms with van der Waals surface area (Å²) in [4.78, 5) is 0. The smallest absolute Gasteiger partial charge is 0.123 e. The second kappa shape index (κ2) is 6.83. The Hall–Kier alpha value is -1.43. The van der Waals surface area contributed by atoms with Gasteiger partial charge in [-0.3, -0.25) is 11.3 Å². The van der Waals surface area contributed by atoms with Crippen molar-refractivity contribution in [2.75, 3.05) is 7.11 Å². The fourth-order valence-electron chi connectivity index (χ4n) is 2.12. The van der Waals surface area contributed by atoms with E-state index >= 15 is 0 Å². The normalized spacial score (nSPS) is 12.2. The van der Waals surface area contributed by atoms with Crippen LogP contribution in [0, 0.1) is 5.82 Å². The largest absolute Gasteiger partial charge is 0.496 e. The summed E-state index contributed by atoms with van der Waals surface area (Å²) in [5, 5.41) is 0. The molecule has 0 fully saturated rings. The topological polar surface area (TPSA) is 47.3 Å². The highest BCUT2D eigenvalue weighted by atomic mass is 79.9. The molecule has 0 amide bonds. The molecule has 0 aromatic heterocycles. The first-order valence-electron chi connectivity index (χ1n) is 6.18. The SMILES string of the molecule is COc1ccc(Br)cc1CC(NN)c1cccc(F)c1. The molecule has 0 saturated carbocycles. The van der Waals surface area contributed by atoms with Crippen molar-refractivity contribution in [2.45, 2.75) is 12.5 Å². The van der Waals surface area contributed by atoms with Gasteiger partial charge in [0.1, 0.15) is 11.6 Å². The van der Waals surface area contributed by atoms with Gasteiger partial charge >= 0.3 is 0 Å². The van der Waals surface area contributed by atoms with Gasteiger partial charge in [0.2, 0.25) is 0 Å². The Morgan fingerprint density at radius 3 is 2.75 bits per heavy atom. The van der Waals surface area contributed by atoms with E-state index in [1.54, 1.807) is 13.2 Å². The molecule has 5 heteroatoms. The lowest BCUT2D eigenvalue weighted by atomic mass is 9.99. The van der Waals surface area contributed by atoms with E-state index in [1.807, 2.05) is 24.3 Å². The zero-order valence-electron chi connectivity index (χ0n) is 11.1. The number of methoxy groups -OCH3 is 1. The summed E-state index contributed by atoms with van der Waals surface area (Å²) in [5.74, 6) is 6.12. The molecule has 0 bridgehead atoms. The summed E-state index contributed by atoms with van der Waals surface area (Å²) in [6.07, 6.45) is 0.600. The van der Waals surface area contributed by atoms with E-state index < -0.39 is 0 Å². The van der Waals surface area contributed by atoms with E-state index in [9.17, 15) is 4.39 Å². The van der Waals surface area contributed by atoms with Gasteiger partial charge in [-0.2, -0.15) is 0 Å². The minimum Gasteiger partial charge on any atom is -0.496 e. The number of nitrogens with one attached hydrogen (secondary N) is 1. The molecule has 1 unspecified atom stereocenters. The molecule has 0 heterocycles. The maximum absolute atomic E-state index is 13.3. The fourth-order valence-corrected chi connectivity index (χ4v) is 2.53. The molecule has 20 heavy (non-hydrogen) atoms. The first kappa shape index (κ1) is 15.0. The van der Waals surface area contributed by atoms with E-state index in [0.717, 1.165) is 21.3 Å². The van der Waals surface area contributed by atoms with Gasteiger partial charge in [-0.25, -0.2) is 4.39 Å². The zero-order valence-corrected chi connectivity index (χ0v) is 12.7. The van der Waals surface area contributed by atoms with E-state index in [0.29, 0.717) is 6.42 Å². The van der Waals surface area contributed by atoms with Gasteiger partial charge in [0.15, 0.2) is 0 Å². The van der Waals surface area contributed by atoms with Crippen molar-refractivity contribution in [1.82, 2.24) is 5.43 Å². The second-order valence-electron chi connectivity index (χ2n) is 4.43. The van der Waals surface area contributed by atoms with Gasteiger partial charge in [0.05, 0.1) is 13.2 Å². The number of rotatable bonds is 5. The van der Waals surface area contributed by atoms with Crippen molar-refractivity contribution in [3.05, 3.63) is 63.9 Å². The highest BCUT2D eigenvalue weighted by Gasteiger charge is 2.14. The van der Waals surface area contributed by atoms with Crippen LogP contribution in [0.15, 0.2) is 46.9 Å². The van der Waals surface area contributed by atoms with Crippen molar-refractivity contribution in [3.8, 4) is 5.75 Å². The van der Waals surface area contributed by atoms with Crippen molar-refractivity contribution in [1.29, 1.82) is 0 Å². The van der Waals surface area contributed by atoms with Crippen LogP contribution in [0.25, 0.3) is 0 Å². The number of hydrogen-bond donors (Lipinski definition) is 2. The van der Waals surface area contributed by atoms with Gasteiger partial charge < -0.3 is 4.74 Å². The molecule has 2 rings (SSSR count). The van der Waals surface area contributed by atoms with Gasteiger partial charge in [-0.15, -0.1) is 0 Å². The monoisotopic (exact) mass is 338 g/mol. The highest BCUT2D eigenvalue weighted by molar-refractivity contribution is 9.10. The standard InChI is InChI=1S/C15H16BrFN2O/c1-20-15-6-5-12(16)7-11(15)9-14(19-18)10-3-2-4-13(17)8-10/h2-8,14,19H,9,18H2,1H3. The number of benzene rings is 2. The molecule has 3 N–H and O–H groups in total. The van der Waals surface area contributed by atoms with Crippen molar-refractivity contribution < 1.29 is 9.13 Å². The summed E-state index contributed by atoms with van der Waals surface area (Å²) in [6, 6.07) is 12.0. The van der Waals surface area contributed by atoms with Crippen molar-refractivity contribution in [3.63, 3.8) is 0 Å². The predicted octanol–water partition coefficient (Wildman–Crippen LogP) is 3.34. The second-order valence-corrected chi connectivity index (χ2v) is 5.35. The number of hydrogen-bond acceptors (Lipinski definition) is 3. The molecule has 106 valence electrons. The van der Waals surface area contributed by atoms with E-state index in [-0.39, 0.29) is 11.9 Å². The highest BCUT2D eigenvalue weighted by Crippen LogP contribution is 2.27. The van der Waals surface area contributed by atoms with E-state index in [1.165, 1.54) is 12.1 Å². The summed E-state index contributed by atoms with van der Waals surface area (Å²) in [5.41, 5.74) is 4.52. The van der Waals surface area contributed by atoms with E-state index in [4.69, 9.17) is 10.6 Å². The third-order valence-corrected chi connectivity index (χ3v) is 3.61. The lowest BCUT2D eigenvalue weighted by molar-refractivity contribution is 0.405. The molecular weight excluding hydrogens is 323 g/mol. The maximum Gasteiger partial charge on any atom is 0.123 e. The number of hydrazine groups is 1. The fraction of sp³-hybridized carbons (Fsp3) is 0.200. The van der Waals surface area contributed by atoms with Crippen LogP contribution in [0.3, 0.4) is 0 Å². The molecule has 1 atom stereocenters. The molecule has 0 saturated heterocycles. The van der Waals surface area contributed by atoms with Crippen LogP contribution < -0.4 is 16.0 Å². The van der Waals surface area contributed by atoms with E-state index in [2.05, 4.69) is 21.4 Å². The van der Waals surface area contributed by atoms with Crippen LogP contribution in [-0.2, 0) is 6.42 Å². The van der Waals surface area contributed by atoms with Crippen molar-refractivity contribution >= 4 is 15.9 Å². The third-order valence-electron chi connectivity index (χ3n) is 3.12. The Kier molecular flexibility index (Phi) is 5.11. The molecular formula is C15H16BrFN2O. The number of ether oxygens (including phenoxy) is 1. The summed E-state index contributed by atoms with van der Waals surface area (Å²) in [7, 11) is 1.62. The molecule has 0 spiro atoms. The summed E-state index contributed by atoms with van der Waals surface area (Å²) < 4.78 is 19.6. The van der Waals surface area contributed by atoms with Crippen LogP contribution in [0.1, 0.15) is 17.2 Å². The predicted molar refractivity (Wildman–Crippen MR) is 80.9 cm³/mol. The molecule has 0 radical (unpaired) electrons. The van der Waals surface area contributed by atoms with Crippen LogP contribution >= 0.6 is 15.9 Å². The summed E-state index contributed by atoms with van der Waals surface area (Å²) in [6.45, 7) is 0. The number of nitrogens with two attached hydrogens (primary N) is 1. The molecule has 2 aromatic carbocycles. The van der Waals surface area contributed by atoms with Gasteiger partial charge in [0.25, 0.3) is 0 Å². The van der Waals surface area contributed by atoms with Crippen LogP contribution in [0.5, 0.6) is 5.75 Å². The minimum atomic E-state index is -0.274. The third kappa shape index (κ3) is 3.56. The quantitative estimate of drug-likeness (QED) is 0.649. The maximum atomic E-state index is 13.3. The average Bonchev–Trinajstić information content (AvgIpc) is 2.45. The number of halogens is 2. The zero-order chi connectivity index (χ0) is 14.5. The molecule has 0 aliphatic rings. The Balaban J connectivity index is 2.28. The first-order valence-corrected chi connectivity index (χ1v) is 6.97.